The lowest BCUT2D eigenvalue weighted by atomic mass is 10.0. The Labute approximate surface area is 122 Å². The summed E-state index contributed by atoms with van der Waals surface area (Å²) in [4.78, 5) is 16.1. The number of carbonyl (C=O) groups is 1. The van der Waals surface area contributed by atoms with E-state index in [0.29, 0.717) is 11.4 Å². The zero-order valence-electron chi connectivity index (χ0n) is 11.9. The van der Waals surface area contributed by atoms with Crippen molar-refractivity contribution in [3.05, 3.63) is 47.0 Å². The van der Waals surface area contributed by atoms with Gasteiger partial charge in [-0.2, -0.15) is 5.10 Å². The van der Waals surface area contributed by atoms with Crippen molar-refractivity contribution in [2.45, 2.75) is 13.5 Å². The molecule has 0 atom stereocenters. The summed E-state index contributed by atoms with van der Waals surface area (Å²) >= 11 is 0. The number of nitrogens with zero attached hydrogens (tertiary/aromatic N) is 3. The van der Waals surface area contributed by atoms with Crippen molar-refractivity contribution in [2.75, 3.05) is 6.61 Å². The van der Waals surface area contributed by atoms with Gasteiger partial charge in [0.15, 0.2) is 5.82 Å². The van der Waals surface area contributed by atoms with Crippen LogP contribution in [0.1, 0.15) is 27.3 Å². The molecule has 2 N–H and O–H groups in total. The van der Waals surface area contributed by atoms with Gasteiger partial charge in [0.05, 0.1) is 6.54 Å². The van der Waals surface area contributed by atoms with Crippen molar-refractivity contribution in [1.29, 1.82) is 0 Å². The largest absolute Gasteiger partial charge is 0.384 e. The van der Waals surface area contributed by atoms with Crippen LogP contribution in [0, 0.1) is 18.8 Å². The van der Waals surface area contributed by atoms with Crippen LogP contribution in [0.5, 0.6) is 0 Å². The molecular formula is C15H16N4O2. The molecule has 0 unspecified atom stereocenters. The summed E-state index contributed by atoms with van der Waals surface area (Å²) < 4.78 is 1.58. The number of amides is 1. The molecule has 21 heavy (non-hydrogen) atoms. The normalized spacial score (nSPS) is 9.86. The molecule has 0 saturated heterocycles. The topological polar surface area (TPSA) is 80.0 Å². The van der Waals surface area contributed by atoms with Crippen molar-refractivity contribution in [3.8, 4) is 11.8 Å². The Hall–Kier alpha value is -2.65. The van der Waals surface area contributed by atoms with Crippen molar-refractivity contribution < 1.29 is 9.90 Å². The molecule has 0 aliphatic carbocycles. The average Bonchev–Trinajstić information content (AvgIpc) is 2.89. The molecule has 6 nitrogen and oxygen atoms in total. The number of nitrogens with one attached hydrogen (secondary N) is 1. The first-order valence-corrected chi connectivity index (χ1v) is 6.43. The number of aliphatic hydroxyl groups excluding tert-OH is 1. The lowest BCUT2D eigenvalue weighted by Crippen LogP contribution is -2.23. The molecule has 1 amide bonds. The molecule has 6 heteroatoms. The number of hydrogen-bond acceptors (Lipinski definition) is 4. The zero-order valence-corrected chi connectivity index (χ0v) is 11.9. The fourth-order valence-electron chi connectivity index (χ4n) is 1.81. The number of aliphatic hydroxyl groups is 1. The molecule has 1 aromatic carbocycles. The summed E-state index contributed by atoms with van der Waals surface area (Å²) in [6.45, 7) is 1.97. The molecule has 0 bridgehead atoms. The minimum Gasteiger partial charge on any atom is -0.384 e. The summed E-state index contributed by atoms with van der Waals surface area (Å²) in [7, 11) is 1.77. The number of benzene rings is 1. The van der Waals surface area contributed by atoms with E-state index in [4.69, 9.17) is 5.11 Å². The molecule has 0 spiro atoms. The van der Waals surface area contributed by atoms with Gasteiger partial charge in [-0.15, -0.1) is 0 Å². The van der Waals surface area contributed by atoms with E-state index in [9.17, 15) is 4.79 Å². The summed E-state index contributed by atoms with van der Waals surface area (Å²) in [6, 6.07) is 5.24. The Morgan fingerprint density at radius 3 is 2.90 bits per heavy atom. The maximum absolute atomic E-state index is 12.1. The highest BCUT2D eigenvalue weighted by Crippen LogP contribution is 2.10. The maximum atomic E-state index is 12.1. The smallest absolute Gasteiger partial charge is 0.251 e. The summed E-state index contributed by atoms with van der Waals surface area (Å²) in [5.41, 5.74) is 2.24. The lowest BCUT2D eigenvalue weighted by Gasteiger charge is -2.05. The highest BCUT2D eigenvalue weighted by atomic mass is 16.2. The first-order valence-electron chi connectivity index (χ1n) is 6.43. The minimum absolute atomic E-state index is 0.182. The Balaban J connectivity index is 2.04. The van der Waals surface area contributed by atoms with Gasteiger partial charge in [-0.1, -0.05) is 11.8 Å². The molecule has 2 rings (SSSR count). The van der Waals surface area contributed by atoms with Crippen LogP contribution in [0.3, 0.4) is 0 Å². The summed E-state index contributed by atoms with van der Waals surface area (Å²) in [6.07, 6.45) is 1.58. The van der Waals surface area contributed by atoms with Crippen molar-refractivity contribution >= 4 is 5.91 Å². The fraction of sp³-hybridized carbons (Fsp3) is 0.267. The van der Waals surface area contributed by atoms with E-state index in [0.717, 1.165) is 11.1 Å². The standard InChI is InChI=1S/C15H16N4O2/c1-11-8-13(6-5-12(11)4-3-7-20)15(21)16-9-14-17-10-19(2)18-14/h5-6,8,10,20H,7,9H2,1-2H3,(H,16,21). The molecule has 0 aliphatic rings. The third kappa shape index (κ3) is 3.91. The van der Waals surface area contributed by atoms with Gasteiger partial charge >= 0.3 is 0 Å². The summed E-state index contributed by atoms with van der Waals surface area (Å²) in [5, 5.41) is 15.5. The SMILES string of the molecule is Cc1cc(C(=O)NCc2ncn(C)n2)ccc1C#CCO. The lowest BCUT2D eigenvalue weighted by molar-refractivity contribution is 0.0949. The molecular weight excluding hydrogens is 268 g/mol. The first kappa shape index (κ1) is 14.8. The number of carbonyl (C=O) groups excluding carboxylic acids is 1. The van der Waals surface area contributed by atoms with Gasteiger partial charge < -0.3 is 10.4 Å². The van der Waals surface area contributed by atoms with Gasteiger partial charge in [0, 0.05) is 18.2 Å². The second-order valence-corrected chi connectivity index (χ2v) is 4.51. The minimum atomic E-state index is -0.188. The van der Waals surface area contributed by atoms with Gasteiger partial charge in [-0.3, -0.25) is 9.48 Å². The van der Waals surface area contributed by atoms with E-state index in [1.165, 1.54) is 0 Å². The van der Waals surface area contributed by atoms with Gasteiger partial charge in [-0.05, 0) is 30.7 Å². The highest BCUT2D eigenvalue weighted by molar-refractivity contribution is 5.94. The van der Waals surface area contributed by atoms with Gasteiger partial charge in [0.25, 0.3) is 5.91 Å². The van der Waals surface area contributed by atoms with Crippen LogP contribution >= 0.6 is 0 Å². The fourth-order valence-corrected chi connectivity index (χ4v) is 1.81. The van der Waals surface area contributed by atoms with Crippen LogP contribution in [0.15, 0.2) is 24.5 Å². The molecule has 108 valence electrons. The van der Waals surface area contributed by atoms with Crippen molar-refractivity contribution in [1.82, 2.24) is 20.1 Å². The van der Waals surface area contributed by atoms with Crippen LogP contribution < -0.4 is 5.32 Å². The highest BCUT2D eigenvalue weighted by Gasteiger charge is 2.08. The molecule has 0 saturated carbocycles. The Morgan fingerprint density at radius 1 is 1.48 bits per heavy atom. The van der Waals surface area contributed by atoms with E-state index in [1.807, 2.05) is 6.92 Å². The summed E-state index contributed by atoms with van der Waals surface area (Å²) in [5.74, 6) is 5.80. The molecule has 0 radical (unpaired) electrons. The van der Waals surface area contributed by atoms with Crippen molar-refractivity contribution in [2.24, 2.45) is 7.05 Å². The van der Waals surface area contributed by atoms with Gasteiger partial charge in [0.1, 0.15) is 12.9 Å². The third-order valence-corrected chi connectivity index (χ3v) is 2.84. The Kier molecular flexibility index (Phi) is 4.69. The van der Waals surface area contributed by atoms with Crippen LogP contribution in [-0.2, 0) is 13.6 Å². The number of aromatic nitrogens is 3. The number of hydrogen-bond donors (Lipinski definition) is 2. The molecule has 0 fully saturated rings. The first-order chi connectivity index (χ1) is 10.1. The number of aryl methyl sites for hydroxylation is 2. The Bertz CT molecular complexity index is 710. The van der Waals surface area contributed by atoms with E-state index in [1.54, 1.807) is 36.3 Å². The van der Waals surface area contributed by atoms with Crippen molar-refractivity contribution in [3.63, 3.8) is 0 Å². The van der Waals surface area contributed by atoms with Gasteiger partial charge in [-0.25, -0.2) is 4.98 Å². The predicted molar refractivity (Wildman–Crippen MR) is 77.3 cm³/mol. The monoisotopic (exact) mass is 284 g/mol. The third-order valence-electron chi connectivity index (χ3n) is 2.84. The van der Waals surface area contributed by atoms with Gasteiger partial charge in [0.2, 0.25) is 0 Å². The molecule has 1 aromatic heterocycles. The maximum Gasteiger partial charge on any atom is 0.251 e. The van der Waals surface area contributed by atoms with E-state index in [-0.39, 0.29) is 19.1 Å². The van der Waals surface area contributed by atoms with Crippen LogP contribution in [0.25, 0.3) is 0 Å². The van der Waals surface area contributed by atoms with E-state index < -0.39 is 0 Å². The average molecular weight is 284 g/mol. The molecule has 1 heterocycles. The van der Waals surface area contributed by atoms with Crippen LogP contribution in [-0.4, -0.2) is 32.4 Å². The second kappa shape index (κ2) is 6.68. The molecule has 2 aromatic rings. The van der Waals surface area contributed by atoms with E-state index in [2.05, 4.69) is 27.2 Å². The van der Waals surface area contributed by atoms with Crippen LogP contribution in [0.2, 0.25) is 0 Å². The molecule has 0 aliphatic heterocycles. The predicted octanol–water partition coefficient (Wildman–Crippen LogP) is 0.397. The zero-order chi connectivity index (χ0) is 15.2. The Morgan fingerprint density at radius 2 is 2.29 bits per heavy atom. The quantitative estimate of drug-likeness (QED) is 0.799. The number of rotatable bonds is 3. The second-order valence-electron chi connectivity index (χ2n) is 4.51. The van der Waals surface area contributed by atoms with E-state index >= 15 is 0 Å². The van der Waals surface area contributed by atoms with Crippen LogP contribution in [0.4, 0.5) is 0 Å².